The van der Waals surface area contributed by atoms with E-state index in [9.17, 15) is 0 Å². The van der Waals surface area contributed by atoms with Crippen molar-refractivity contribution in [3.8, 4) is 11.3 Å². The van der Waals surface area contributed by atoms with E-state index >= 15 is 0 Å². The summed E-state index contributed by atoms with van der Waals surface area (Å²) in [6, 6.07) is 6.40. The van der Waals surface area contributed by atoms with Gasteiger partial charge in [0.15, 0.2) is 5.13 Å². The van der Waals surface area contributed by atoms with Crippen LogP contribution in [0.15, 0.2) is 23.6 Å². The van der Waals surface area contributed by atoms with Crippen LogP contribution in [0.1, 0.15) is 29.7 Å². The zero-order valence-corrected chi connectivity index (χ0v) is 12.8. The highest BCUT2D eigenvalue weighted by Gasteiger charge is 2.21. The Labute approximate surface area is 127 Å². The Hall–Kier alpha value is -1.94. The largest absolute Gasteiger partial charge is 0.375 e. The van der Waals surface area contributed by atoms with Crippen LogP contribution in [0.3, 0.4) is 0 Å². The van der Waals surface area contributed by atoms with Gasteiger partial charge in [-0.1, -0.05) is 18.2 Å². The van der Waals surface area contributed by atoms with E-state index < -0.39 is 0 Å². The molecule has 0 radical (unpaired) electrons. The van der Waals surface area contributed by atoms with Gasteiger partial charge in [-0.25, -0.2) is 4.98 Å². The summed E-state index contributed by atoms with van der Waals surface area (Å²) in [6.45, 7) is 2.13. The predicted molar refractivity (Wildman–Crippen MR) is 88.6 cm³/mol. The molecule has 0 fully saturated rings. The monoisotopic (exact) mass is 295 g/mol. The molecule has 0 aliphatic heterocycles. The molecule has 0 spiro atoms. The van der Waals surface area contributed by atoms with Crippen molar-refractivity contribution >= 4 is 27.4 Å². The highest BCUT2D eigenvalue weighted by Crippen LogP contribution is 2.37. The van der Waals surface area contributed by atoms with Crippen LogP contribution in [0.5, 0.6) is 0 Å². The van der Waals surface area contributed by atoms with Crippen LogP contribution in [0.4, 0.5) is 5.13 Å². The minimum Gasteiger partial charge on any atom is -0.375 e. The number of para-hydroxylation sites is 1. The van der Waals surface area contributed by atoms with Crippen LogP contribution >= 0.6 is 11.3 Å². The molecule has 0 amide bonds. The number of hydrogen-bond donors (Lipinski definition) is 1. The lowest BCUT2D eigenvalue weighted by atomic mass is 9.88. The second-order valence-corrected chi connectivity index (χ2v) is 6.55. The molecular weight excluding hydrogens is 278 g/mol. The second-order valence-electron chi connectivity index (χ2n) is 5.66. The van der Waals surface area contributed by atoms with E-state index in [0.29, 0.717) is 5.13 Å². The fourth-order valence-electron chi connectivity index (χ4n) is 3.28. The van der Waals surface area contributed by atoms with E-state index in [1.165, 1.54) is 51.9 Å². The van der Waals surface area contributed by atoms with Crippen molar-refractivity contribution in [2.24, 2.45) is 0 Å². The number of thiazole rings is 1. The van der Waals surface area contributed by atoms with Gasteiger partial charge in [-0.3, -0.25) is 4.98 Å². The maximum absolute atomic E-state index is 5.86. The average molecular weight is 295 g/mol. The first-order valence-electron chi connectivity index (χ1n) is 7.36. The van der Waals surface area contributed by atoms with Gasteiger partial charge >= 0.3 is 0 Å². The molecular formula is C17H17N3S. The van der Waals surface area contributed by atoms with Gasteiger partial charge < -0.3 is 5.73 Å². The van der Waals surface area contributed by atoms with Gasteiger partial charge in [0.2, 0.25) is 0 Å². The molecule has 0 atom stereocenters. The summed E-state index contributed by atoms with van der Waals surface area (Å²) in [5.41, 5.74) is 13.1. The number of nitrogen functional groups attached to an aromatic ring is 1. The van der Waals surface area contributed by atoms with Crippen molar-refractivity contribution < 1.29 is 0 Å². The minimum absolute atomic E-state index is 0.632. The number of aryl methyl sites for hydroxylation is 2. The second kappa shape index (κ2) is 4.81. The fourth-order valence-corrected chi connectivity index (χ4v) is 3.84. The molecule has 0 saturated heterocycles. The van der Waals surface area contributed by atoms with Gasteiger partial charge in [0, 0.05) is 22.0 Å². The summed E-state index contributed by atoms with van der Waals surface area (Å²) in [4.78, 5) is 9.49. The van der Waals surface area contributed by atoms with Crippen molar-refractivity contribution in [2.75, 3.05) is 5.73 Å². The van der Waals surface area contributed by atoms with Crippen LogP contribution < -0.4 is 5.73 Å². The Morgan fingerprint density at radius 1 is 1.14 bits per heavy atom. The lowest BCUT2D eigenvalue weighted by Crippen LogP contribution is -2.08. The van der Waals surface area contributed by atoms with E-state index in [0.717, 1.165) is 24.1 Å². The minimum atomic E-state index is 0.632. The van der Waals surface area contributed by atoms with Crippen molar-refractivity contribution in [3.05, 3.63) is 40.4 Å². The number of pyridine rings is 1. The van der Waals surface area contributed by atoms with Crippen LogP contribution in [-0.2, 0) is 12.8 Å². The molecule has 106 valence electrons. The molecule has 21 heavy (non-hydrogen) atoms. The standard InChI is InChI=1S/C17H17N3S/c1-10-5-4-7-12-15(14-9-21-17(18)20-14)11-6-2-3-8-13(11)19-16(10)12/h4-5,7,9H,2-3,6,8H2,1H3,(H2,18,20). The highest BCUT2D eigenvalue weighted by molar-refractivity contribution is 7.13. The molecule has 4 rings (SSSR count). The summed E-state index contributed by atoms with van der Waals surface area (Å²) in [6.07, 6.45) is 4.64. The zero-order valence-electron chi connectivity index (χ0n) is 12.0. The molecule has 0 saturated carbocycles. The van der Waals surface area contributed by atoms with Gasteiger partial charge in [0.25, 0.3) is 0 Å². The van der Waals surface area contributed by atoms with E-state index in [2.05, 4.69) is 35.5 Å². The molecule has 3 aromatic rings. The number of nitrogens with zero attached hydrogens (tertiary/aromatic N) is 2. The van der Waals surface area contributed by atoms with Gasteiger partial charge in [0.1, 0.15) is 0 Å². The average Bonchev–Trinajstić information content (AvgIpc) is 2.92. The lowest BCUT2D eigenvalue weighted by Gasteiger charge is -2.20. The first-order valence-corrected chi connectivity index (χ1v) is 8.24. The Bertz CT molecular complexity index is 835. The maximum Gasteiger partial charge on any atom is 0.180 e. The molecule has 1 aliphatic rings. The van der Waals surface area contributed by atoms with E-state index in [4.69, 9.17) is 10.7 Å². The predicted octanol–water partition coefficient (Wildman–Crippen LogP) is 4.13. The Balaban J connectivity index is 2.12. The Kier molecular flexibility index (Phi) is 2.93. The quantitative estimate of drug-likeness (QED) is 0.734. The van der Waals surface area contributed by atoms with Gasteiger partial charge in [-0.2, -0.15) is 0 Å². The smallest absolute Gasteiger partial charge is 0.180 e. The number of benzene rings is 1. The molecule has 2 aromatic heterocycles. The van der Waals surface area contributed by atoms with Crippen LogP contribution in [0.25, 0.3) is 22.2 Å². The van der Waals surface area contributed by atoms with E-state index in [1.54, 1.807) is 0 Å². The third-order valence-electron chi connectivity index (χ3n) is 4.27. The van der Waals surface area contributed by atoms with Crippen LogP contribution in [0.2, 0.25) is 0 Å². The molecule has 3 nitrogen and oxygen atoms in total. The summed E-state index contributed by atoms with van der Waals surface area (Å²) >= 11 is 1.51. The van der Waals surface area contributed by atoms with Gasteiger partial charge in [0.05, 0.1) is 11.2 Å². The number of hydrogen-bond acceptors (Lipinski definition) is 4. The Morgan fingerprint density at radius 2 is 2.00 bits per heavy atom. The normalized spacial score (nSPS) is 14.3. The summed E-state index contributed by atoms with van der Waals surface area (Å²) in [5.74, 6) is 0. The topological polar surface area (TPSA) is 51.8 Å². The summed E-state index contributed by atoms with van der Waals surface area (Å²) in [5, 5.41) is 3.91. The first-order chi connectivity index (χ1) is 10.2. The molecule has 2 N–H and O–H groups in total. The number of nitrogens with two attached hydrogens (primary N) is 1. The van der Waals surface area contributed by atoms with E-state index in [1.807, 2.05) is 0 Å². The third-order valence-corrected chi connectivity index (χ3v) is 4.95. The zero-order chi connectivity index (χ0) is 14.4. The van der Waals surface area contributed by atoms with Gasteiger partial charge in [-0.15, -0.1) is 11.3 Å². The maximum atomic E-state index is 5.86. The summed E-state index contributed by atoms with van der Waals surface area (Å²) in [7, 11) is 0. The third kappa shape index (κ3) is 2.02. The first kappa shape index (κ1) is 12.8. The van der Waals surface area contributed by atoms with E-state index in [-0.39, 0.29) is 0 Å². The molecule has 1 aromatic carbocycles. The van der Waals surface area contributed by atoms with Crippen LogP contribution in [-0.4, -0.2) is 9.97 Å². The fraction of sp³-hybridized carbons (Fsp3) is 0.294. The van der Waals surface area contributed by atoms with Crippen molar-refractivity contribution in [1.29, 1.82) is 0 Å². The molecule has 2 heterocycles. The SMILES string of the molecule is Cc1cccc2c(-c3csc(N)n3)c3c(nc12)CCCC3. The highest BCUT2D eigenvalue weighted by atomic mass is 32.1. The van der Waals surface area contributed by atoms with Crippen LogP contribution in [0, 0.1) is 6.92 Å². The molecule has 1 aliphatic carbocycles. The van der Waals surface area contributed by atoms with Crippen molar-refractivity contribution in [2.45, 2.75) is 32.6 Å². The number of anilines is 1. The lowest BCUT2D eigenvalue weighted by molar-refractivity contribution is 0.672. The number of rotatable bonds is 1. The van der Waals surface area contributed by atoms with Crippen molar-refractivity contribution in [3.63, 3.8) is 0 Å². The Morgan fingerprint density at radius 3 is 2.81 bits per heavy atom. The summed E-state index contributed by atoms with van der Waals surface area (Å²) < 4.78 is 0. The number of aromatic nitrogens is 2. The molecule has 0 bridgehead atoms. The van der Waals surface area contributed by atoms with Gasteiger partial charge in [-0.05, 0) is 43.7 Å². The number of fused-ring (bicyclic) bond motifs is 2. The molecule has 4 heteroatoms. The van der Waals surface area contributed by atoms with Crippen molar-refractivity contribution in [1.82, 2.24) is 9.97 Å². The molecule has 0 unspecified atom stereocenters.